The zero-order valence-corrected chi connectivity index (χ0v) is 10.1. The predicted octanol–water partition coefficient (Wildman–Crippen LogP) is -1.53. The van der Waals surface area contributed by atoms with E-state index in [-0.39, 0.29) is 35.5 Å². The van der Waals surface area contributed by atoms with Gasteiger partial charge in [-0.1, -0.05) is 51.9 Å². The molecule has 0 unspecified atom stereocenters. The first-order chi connectivity index (χ1) is 4.77. The molecule has 1 rings (SSSR count). The third-order valence-corrected chi connectivity index (χ3v) is 2.47. The maximum atomic E-state index is 11.7. The van der Waals surface area contributed by atoms with Crippen molar-refractivity contribution >= 4 is 23.1 Å². The number of halogens is 1. The van der Waals surface area contributed by atoms with Crippen molar-refractivity contribution in [3.05, 3.63) is 0 Å². The Kier molecular flexibility index (Phi) is 9.58. The Morgan fingerprint density at radius 1 is 1.17 bits per heavy atom. The summed E-state index contributed by atoms with van der Waals surface area (Å²) >= 11 is 0. The van der Waals surface area contributed by atoms with Crippen LogP contribution in [-0.4, -0.2) is 28.7 Å². The molecular weight excluding hydrogens is 184 g/mol. The van der Waals surface area contributed by atoms with E-state index in [9.17, 15) is 5.11 Å². The van der Waals surface area contributed by atoms with Crippen LogP contribution in [0.25, 0.3) is 0 Å². The maximum Gasteiger partial charge on any atom is 2.00 e. The summed E-state index contributed by atoms with van der Waals surface area (Å²) in [4.78, 5) is 0. The van der Waals surface area contributed by atoms with Crippen molar-refractivity contribution in [1.82, 2.24) is 0 Å². The van der Waals surface area contributed by atoms with E-state index >= 15 is 0 Å². The van der Waals surface area contributed by atoms with E-state index in [1.54, 1.807) is 0 Å². The van der Waals surface area contributed by atoms with E-state index in [0.29, 0.717) is 0 Å². The molecule has 0 radical (unpaired) electrons. The minimum atomic E-state index is -0.521. The van der Waals surface area contributed by atoms with Gasteiger partial charge in [0.25, 0.3) is 0 Å². The van der Waals surface area contributed by atoms with Gasteiger partial charge in [-0.3, -0.25) is 0 Å². The average Bonchev–Trinajstić information content (AvgIpc) is 1.89. The summed E-state index contributed by atoms with van der Waals surface area (Å²) in [5, 5.41) is 11.7. The molecule has 1 nitrogen and oxygen atoms in total. The molecule has 1 fully saturated rings. The average molecular weight is 201 g/mol. The van der Waals surface area contributed by atoms with Crippen LogP contribution >= 0.6 is 0 Å². The molecule has 0 heterocycles. The fraction of sp³-hybridized carbons (Fsp3) is 1.00. The van der Waals surface area contributed by atoms with Crippen LogP contribution in [0.2, 0.25) is 0 Å². The summed E-state index contributed by atoms with van der Waals surface area (Å²) in [6.07, 6.45) is 7.44. The molecule has 68 valence electrons. The molecule has 1 saturated carbocycles. The third-order valence-electron chi connectivity index (χ3n) is 2.47. The van der Waals surface area contributed by atoms with E-state index in [1.807, 2.05) is 0 Å². The van der Waals surface area contributed by atoms with E-state index in [1.165, 1.54) is 19.3 Å². The van der Waals surface area contributed by atoms with E-state index in [2.05, 4.69) is 6.92 Å². The molecule has 0 aromatic rings. The van der Waals surface area contributed by atoms with Crippen LogP contribution < -0.4 is 17.5 Å². The third kappa shape index (κ3) is 4.90. The minimum absolute atomic E-state index is 0. The normalized spacial score (nSPS) is 20.5. The van der Waals surface area contributed by atoms with Crippen molar-refractivity contribution in [3.8, 4) is 0 Å². The van der Waals surface area contributed by atoms with Crippen LogP contribution in [0.1, 0.15) is 51.9 Å². The van der Waals surface area contributed by atoms with E-state index < -0.39 is 5.60 Å². The van der Waals surface area contributed by atoms with Gasteiger partial charge in [-0.25, -0.2) is 0 Å². The largest absolute Gasteiger partial charge is 2.00 e. The first kappa shape index (κ1) is 15.5. The quantitative estimate of drug-likeness (QED) is 0.497. The molecule has 1 aliphatic rings. The second-order valence-corrected chi connectivity index (χ2v) is 3.49. The van der Waals surface area contributed by atoms with Crippen molar-refractivity contribution in [1.29, 1.82) is 0 Å². The van der Waals surface area contributed by atoms with E-state index in [4.69, 9.17) is 0 Å². The van der Waals surface area contributed by atoms with Gasteiger partial charge in [-0.15, -0.1) is 5.60 Å². The van der Waals surface area contributed by atoms with Gasteiger partial charge >= 0.3 is 23.1 Å². The number of hydrogen-bond acceptors (Lipinski definition) is 1. The van der Waals surface area contributed by atoms with Crippen molar-refractivity contribution < 1.29 is 17.5 Å². The van der Waals surface area contributed by atoms with Crippen molar-refractivity contribution in [3.63, 3.8) is 0 Å². The second-order valence-electron chi connectivity index (χ2n) is 3.49. The zero-order valence-electron chi connectivity index (χ0n) is 7.94. The fourth-order valence-corrected chi connectivity index (χ4v) is 1.90. The molecular formula is C9H17ClMgO. The van der Waals surface area contributed by atoms with Gasteiger partial charge in [0.2, 0.25) is 0 Å². The van der Waals surface area contributed by atoms with Gasteiger partial charge in [-0.2, -0.15) is 0 Å². The second kappa shape index (κ2) is 7.42. The molecule has 0 amide bonds. The molecule has 0 N–H and O–H groups in total. The van der Waals surface area contributed by atoms with Gasteiger partial charge in [-0.05, 0) is 0 Å². The summed E-state index contributed by atoms with van der Waals surface area (Å²) < 4.78 is 0. The smallest absolute Gasteiger partial charge is 1.00 e. The van der Waals surface area contributed by atoms with Gasteiger partial charge in [0.05, 0.1) is 0 Å². The molecule has 0 saturated heterocycles. The Bertz CT molecular complexity index is 97.2. The zero-order chi connectivity index (χ0) is 7.45. The van der Waals surface area contributed by atoms with Gasteiger partial charge in [0.1, 0.15) is 0 Å². The minimum Gasteiger partial charge on any atom is -1.00 e. The fourth-order valence-electron chi connectivity index (χ4n) is 1.90. The van der Waals surface area contributed by atoms with Crippen molar-refractivity contribution in [2.75, 3.05) is 0 Å². The van der Waals surface area contributed by atoms with Crippen LogP contribution in [0.15, 0.2) is 0 Å². The van der Waals surface area contributed by atoms with Crippen LogP contribution in [-0.2, 0) is 0 Å². The first-order valence-corrected chi connectivity index (χ1v) is 4.47. The summed E-state index contributed by atoms with van der Waals surface area (Å²) in [6.45, 7) is 2.11. The molecule has 12 heavy (non-hydrogen) atoms. The van der Waals surface area contributed by atoms with Crippen LogP contribution in [0.4, 0.5) is 0 Å². The van der Waals surface area contributed by atoms with Gasteiger partial charge in [0.15, 0.2) is 0 Å². The maximum absolute atomic E-state index is 11.7. The molecule has 0 bridgehead atoms. The molecule has 1 aliphatic carbocycles. The van der Waals surface area contributed by atoms with Crippen molar-refractivity contribution in [2.24, 2.45) is 0 Å². The topological polar surface area (TPSA) is 23.1 Å². The van der Waals surface area contributed by atoms with Gasteiger partial charge in [0, 0.05) is 0 Å². The summed E-state index contributed by atoms with van der Waals surface area (Å²) in [7, 11) is 0. The molecule has 0 aromatic heterocycles. The monoisotopic (exact) mass is 200 g/mol. The summed E-state index contributed by atoms with van der Waals surface area (Å²) in [5.41, 5.74) is -0.521. The standard InChI is InChI=1S/C9H17O.ClH.Mg/c1-2-6-9(10)7-4-3-5-8-9;;/h2-8H2,1H3;1H;/q-1;;+2/p-1. The Morgan fingerprint density at radius 3 is 2.08 bits per heavy atom. The first-order valence-electron chi connectivity index (χ1n) is 4.47. The molecule has 0 aliphatic heterocycles. The van der Waals surface area contributed by atoms with Crippen LogP contribution in [0.3, 0.4) is 0 Å². The van der Waals surface area contributed by atoms with Crippen LogP contribution in [0, 0.1) is 0 Å². The number of hydrogen-bond donors (Lipinski definition) is 0. The predicted molar refractivity (Wildman–Crippen MR) is 46.5 cm³/mol. The van der Waals surface area contributed by atoms with Crippen LogP contribution in [0.5, 0.6) is 0 Å². The Morgan fingerprint density at radius 2 is 1.67 bits per heavy atom. The Labute approximate surface area is 97.9 Å². The van der Waals surface area contributed by atoms with E-state index in [0.717, 1.165) is 25.7 Å². The van der Waals surface area contributed by atoms with Gasteiger partial charge < -0.3 is 17.5 Å². The molecule has 3 heteroatoms. The molecule has 0 atom stereocenters. The summed E-state index contributed by atoms with van der Waals surface area (Å²) in [6, 6.07) is 0. The molecule has 0 aromatic carbocycles. The SMILES string of the molecule is CCCC1([O-])CCCCC1.[Cl-].[Mg+2]. The Hall–Kier alpha value is 1.02. The van der Waals surface area contributed by atoms with Crippen molar-refractivity contribution in [2.45, 2.75) is 57.5 Å². The number of rotatable bonds is 2. The molecule has 0 spiro atoms. The Balaban J connectivity index is 0. The summed E-state index contributed by atoms with van der Waals surface area (Å²) in [5.74, 6) is 0.